The maximum atomic E-state index is 11.5. The lowest BCUT2D eigenvalue weighted by Gasteiger charge is -2.21. The number of hydrogen-bond donors (Lipinski definition) is 1. The van der Waals surface area contributed by atoms with Gasteiger partial charge in [0.15, 0.2) is 12.1 Å². The first-order valence-electron chi connectivity index (χ1n) is 6.60. The van der Waals surface area contributed by atoms with Crippen LogP contribution in [0.1, 0.15) is 53.4 Å². The van der Waals surface area contributed by atoms with Gasteiger partial charge in [0.1, 0.15) is 5.60 Å². The van der Waals surface area contributed by atoms with Crippen LogP contribution in [0.4, 0.5) is 4.79 Å². The third-order valence-corrected chi connectivity index (χ3v) is 2.38. The van der Waals surface area contributed by atoms with Crippen LogP contribution in [0.15, 0.2) is 4.99 Å². The van der Waals surface area contributed by atoms with E-state index in [1.165, 1.54) is 12.8 Å². The molecule has 0 saturated heterocycles. The molecule has 0 spiro atoms. The number of rotatable bonds is 5. The molecular formula is C13H24N2O3. The first-order valence-corrected chi connectivity index (χ1v) is 6.60. The van der Waals surface area contributed by atoms with E-state index in [4.69, 9.17) is 9.47 Å². The van der Waals surface area contributed by atoms with Crippen molar-refractivity contribution in [3.05, 3.63) is 0 Å². The third-order valence-electron chi connectivity index (χ3n) is 2.38. The third kappa shape index (κ3) is 5.89. The molecule has 1 unspecified atom stereocenters. The van der Waals surface area contributed by atoms with Crippen LogP contribution in [0.25, 0.3) is 0 Å². The van der Waals surface area contributed by atoms with E-state index in [0.29, 0.717) is 6.54 Å². The van der Waals surface area contributed by atoms with Crippen molar-refractivity contribution in [3.63, 3.8) is 0 Å². The zero-order chi connectivity index (χ0) is 13.6. The lowest BCUT2D eigenvalue weighted by Crippen LogP contribution is -2.40. The fourth-order valence-corrected chi connectivity index (χ4v) is 1.60. The molecule has 104 valence electrons. The normalized spacial score (nSPS) is 19.1. The van der Waals surface area contributed by atoms with E-state index in [2.05, 4.69) is 17.2 Å². The van der Waals surface area contributed by atoms with Gasteiger partial charge in [0.2, 0.25) is 0 Å². The minimum atomic E-state index is -0.493. The fourth-order valence-electron chi connectivity index (χ4n) is 1.60. The van der Waals surface area contributed by atoms with Crippen LogP contribution in [-0.2, 0) is 9.47 Å². The number of aliphatic imine (C=N–C) groups is 1. The van der Waals surface area contributed by atoms with Gasteiger partial charge >= 0.3 is 6.09 Å². The molecule has 0 bridgehead atoms. The topological polar surface area (TPSA) is 59.9 Å². The highest BCUT2D eigenvalue weighted by Gasteiger charge is 2.24. The molecule has 1 rings (SSSR count). The summed E-state index contributed by atoms with van der Waals surface area (Å²) in [5.74, 6) is 0.740. The van der Waals surface area contributed by atoms with Crippen molar-refractivity contribution in [2.75, 3.05) is 6.54 Å². The van der Waals surface area contributed by atoms with E-state index >= 15 is 0 Å². The van der Waals surface area contributed by atoms with Crippen LogP contribution in [0.3, 0.4) is 0 Å². The Balaban J connectivity index is 2.22. The van der Waals surface area contributed by atoms with Crippen molar-refractivity contribution in [1.29, 1.82) is 0 Å². The Kier molecular flexibility index (Phi) is 5.44. The van der Waals surface area contributed by atoms with Crippen LogP contribution >= 0.6 is 0 Å². The van der Waals surface area contributed by atoms with Gasteiger partial charge in [-0.05, 0) is 27.2 Å². The lowest BCUT2D eigenvalue weighted by atomic mass is 10.2. The molecule has 1 N–H and O–H groups in total. The van der Waals surface area contributed by atoms with Gasteiger partial charge in [-0.1, -0.05) is 19.8 Å². The van der Waals surface area contributed by atoms with Crippen molar-refractivity contribution < 1.29 is 14.3 Å². The summed E-state index contributed by atoms with van der Waals surface area (Å²) in [6.07, 6.45) is 3.43. The second-order valence-corrected chi connectivity index (χ2v) is 5.44. The smallest absolute Gasteiger partial charge is 0.410 e. The van der Waals surface area contributed by atoms with E-state index in [1.807, 2.05) is 20.8 Å². The number of unbranched alkanes of at least 4 members (excludes halogenated alkanes) is 2. The maximum absolute atomic E-state index is 11.5. The largest absolute Gasteiger partial charge is 0.456 e. The monoisotopic (exact) mass is 256 g/mol. The zero-order valence-corrected chi connectivity index (χ0v) is 11.8. The van der Waals surface area contributed by atoms with Crippen LogP contribution in [0.2, 0.25) is 0 Å². The standard InChI is InChI=1S/C13H24N2O3/c1-5-6-7-8-10-14-9-11(17-10)15-12(16)18-13(2,3)4/h11H,5-9H2,1-4H3,(H,15,16). The number of ether oxygens (including phenoxy) is 2. The second-order valence-electron chi connectivity index (χ2n) is 5.44. The van der Waals surface area contributed by atoms with Crippen LogP contribution in [-0.4, -0.2) is 30.4 Å². The van der Waals surface area contributed by atoms with E-state index in [1.54, 1.807) is 0 Å². The molecule has 0 aromatic heterocycles. The van der Waals surface area contributed by atoms with Gasteiger partial charge in [-0.15, -0.1) is 0 Å². The minimum absolute atomic E-state index is 0.378. The van der Waals surface area contributed by atoms with Crippen molar-refractivity contribution in [3.8, 4) is 0 Å². The van der Waals surface area contributed by atoms with Crippen LogP contribution < -0.4 is 5.32 Å². The molecule has 1 aliphatic heterocycles. The highest BCUT2D eigenvalue weighted by molar-refractivity contribution is 5.78. The Hall–Kier alpha value is -1.26. The maximum Gasteiger partial charge on any atom is 0.410 e. The molecule has 0 saturated carbocycles. The molecule has 0 aromatic carbocycles. The Bertz CT molecular complexity index is 308. The first kappa shape index (κ1) is 14.8. The highest BCUT2D eigenvalue weighted by Crippen LogP contribution is 2.11. The SMILES string of the molecule is CCCCCC1=NCC(NC(=O)OC(C)(C)C)O1. The average molecular weight is 256 g/mol. The molecule has 18 heavy (non-hydrogen) atoms. The molecule has 1 amide bonds. The first-order chi connectivity index (χ1) is 8.40. The molecule has 0 aromatic rings. The van der Waals surface area contributed by atoms with Gasteiger partial charge in [-0.25, -0.2) is 9.79 Å². The minimum Gasteiger partial charge on any atom is -0.456 e. The van der Waals surface area contributed by atoms with E-state index in [-0.39, 0.29) is 6.23 Å². The fraction of sp³-hybridized carbons (Fsp3) is 0.846. The molecular weight excluding hydrogens is 232 g/mol. The summed E-state index contributed by atoms with van der Waals surface area (Å²) in [6.45, 7) is 8.11. The van der Waals surface area contributed by atoms with E-state index in [0.717, 1.165) is 18.7 Å². The summed E-state index contributed by atoms with van der Waals surface area (Å²) < 4.78 is 10.7. The summed E-state index contributed by atoms with van der Waals surface area (Å²) in [7, 11) is 0. The van der Waals surface area contributed by atoms with Gasteiger partial charge in [-0.2, -0.15) is 0 Å². The molecule has 0 aliphatic carbocycles. The highest BCUT2D eigenvalue weighted by atomic mass is 16.6. The number of nitrogens with zero attached hydrogens (tertiary/aromatic N) is 1. The molecule has 1 heterocycles. The van der Waals surface area contributed by atoms with Crippen molar-refractivity contribution in [2.24, 2.45) is 4.99 Å². The number of carbonyl (C=O) groups is 1. The van der Waals surface area contributed by atoms with Crippen molar-refractivity contribution in [2.45, 2.75) is 65.2 Å². The molecule has 0 fully saturated rings. The Morgan fingerprint density at radius 2 is 2.22 bits per heavy atom. The van der Waals surface area contributed by atoms with Gasteiger partial charge in [0.25, 0.3) is 0 Å². The van der Waals surface area contributed by atoms with Crippen LogP contribution in [0.5, 0.6) is 0 Å². The molecule has 5 nitrogen and oxygen atoms in total. The summed E-state index contributed by atoms with van der Waals surface area (Å²) in [4.78, 5) is 15.8. The molecule has 1 aliphatic rings. The number of alkyl carbamates (subject to hydrolysis) is 1. The zero-order valence-electron chi connectivity index (χ0n) is 11.8. The molecule has 5 heteroatoms. The van der Waals surface area contributed by atoms with E-state index in [9.17, 15) is 4.79 Å². The number of nitrogens with one attached hydrogen (secondary N) is 1. The molecule has 1 atom stereocenters. The summed E-state index contributed by atoms with van der Waals surface area (Å²) in [6, 6.07) is 0. The summed E-state index contributed by atoms with van der Waals surface area (Å²) in [5.41, 5.74) is -0.493. The van der Waals surface area contributed by atoms with Crippen molar-refractivity contribution in [1.82, 2.24) is 5.32 Å². The Labute approximate surface area is 109 Å². The Morgan fingerprint density at radius 3 is 2.83 bits per heavy atom. The number of amides is 1. The summed E-state index contributed by atoms with van der Waals surface area (Å²) in [5, 5.41) is 2.66. The van der Waals surface area contributed by atoms with Gasteiger partial charge in [0, 0.05) is 6.42 Å². The predicted octanol–water partition coefficient (Wildman–Crippen LogP) is 2.85. The number of hydrogen-bond acceptors (Lipinski definition) is 4. The van der Waals surface area contributed by atoms with Crippen molar-refractivity contribution >= 4 is 12.0 Å². The lowest BCUT2D eigenvalue weighted by molar-refractivity contribution is 0.0410. The Morgan fingerprint density at radius 1 is 1.50 bits per heavy atom. The summed E-state index contributed by atoms with van der Waals surface area (Å²) >= 11 is 0. The molecule has 0 radical (unpaired) electrons. The predicted molar refractivity (Wildman–Crippen MR) is 70.7 cm³/mol. The quantitative estimate of drug-likeness (QED) is 0.769. The van der Waals surface area contributed by atoms with Gasteiger partial charge < -0.3 is 9.47 Å². The van der Waals surface area contributed by atoms with Gasteiger partial charge in [0.05, 0.1) is 6.54 Å². The number of carbonyl (C=O) groups excluding carboxylic acids is 1. The van der Waals surface area contributed by atoms with Crippen LogP contribution in [0, 0.1) is 0 Å². The average Bonchev–Trinajstić information content (AvgIpc) is 2.63. The second kappa shape index (κ2) is 6.61. The van der Waals surface area contributed by atoms with Gasteiger partial charge in [-0.3, -0.25) is 5.32 Å². The van der Waals surface area contributed by atoms with E-state index < -0.39 is 11.7 Å².